The molecular weight excluding hydrogens is 238 g/mol. The van der Waals surface area contributed by atoms with Crippen molar-refractivity contribution in [3.63, 3.8) is 0 Å². The normalized spacial score (nSPS) is 17.3. The second-order valence-electron chi connectivity index (χ2n) is 6.00. The maximum atomic E-state index is 12.2. The standard InChI is InChI=1S/C15H17N3O/c1-10-7-11-12(8-15(2,3)9-13(11)19)18(10)14-5-4-6-16-17-14/h4-7H,8-9H2,1-3H3. The Balaban J connectivity index is 2.21. The molecule has 19 heavy (non-hydrogen) atoms. The van der Waals surface area contributed by atoms with Gasteiger partial charge in [0.25, 0.3) is 0 Å². The molecule has 0 aromatic carbocycles. The van der Waals surface area contributed by atoms with E-state index in [4.69, 9.17) is 0 Å². The summed E-state index contributed by atoms with van der Waals surface area (Å²) >= 11 is 0. The van der Waals surface area contributed by atoms with E-state index in [-0.39, 0.29) is 11.2 Å². The van der Waals surface area contributed by atoms with E-state index in [1.54, 1.807) is 6.20 Å². The van der Waals surface area contributed by atoms with Crippen LogP contribution in [0.3, 0.4) is 0 Å². The third kappa shape index (κ3) is 1.97. The molecule has 0 radical (unpaired) electrons. The van der Waals surface area contributed by atoms with E-state index < -0.39 is 0 Å². The van der Waals surface area contributed by atoms with Crippen molar-refractivity contribution in [2.45, 2.75) is 33.6 Å². The molecule has 98 valence electrons. The number of Topliss-reactive ketones (excluding diaryl/α,β-unsaturated/α-hetero) is 1. The third-order valence-corrected chi connectivity index (χ3v) is 3.66. The molecule has 0 fully saturated rings. The van der Waals surface area contributed by atoms with Crippen LogP contribution in [0.4, 0.5) is 0 Å². The number of carbonyl (C=O) groups is 1. The number of ketones is 1. The number of aromatic nitrogens is 3. The van der Waals surface area contributed by atoms with Gasteiger partial charge in [-0.25, -0.2) is 0 Å². The molecule has 0 amide bonds. The molecule has 2 heterocycles. The first kappa shape index (κ1) is 12.1. The molecule has 2 aromatic rings. The Hall–Kier alpha value is -1.97. The third-order valence-electron chi connectivity index (χ3n) is 3.66. The van der Waals surface area contributed by atoms with Crippen LogP contribution in [0.2, 0.25) is 0 Å². The fraction of sp³-hybridized carbons (Fsp3) is 0.400. The maximum Gasteiger partial charge on any atom is 0.165 e. The Kier molecular flexibility index (Phi) is 2.55. The molecule has 0 atom stereocenters. The summed E-state index contributed by atoms with van der Waals surface area (Å²) in [6, 6.07) is 5.76. The summed E-state index contributed by atoms with van der Waals surface area (Å²) in [7, 11) is 0. The average molecular weight is 255 g/mol. The van der Waals surface area contributed by atoms with Crippen molar-refractivity contribution < 1.29 is 4.79 Å². The molecule has 0 N–H and O–H groups in total. The predicted molar refractivity (Wildman–Crippen MR) is 72.5 cm³/mol. The zero-order valence-electron chi connectivity index (χ0n) is 11.5. The number of nitrogens with zero attached hydrogens (tertiary/aromatic N) is 3. The summed E-state index contributed by atoms with van der Waals surface area (Å²) in [5.74, 6) is 1.02. The Morgan fingerprint density at radius 3 is 2.79 bits per heavy atom. The van der Waals surface area contributed by atoms with Gasteiger partial charge in [-0.2, -0.15) is 5.10 Å². The molecule has 0 saturated heterocycles. The molecular formula is C15H17N3O. The molecule has 2 aromatic heterocycles. The van der Waals surface area contributed by atoms with Crippen LogP contribution in [-0.2, 0) is 6.42 Å². The van der Waals surface area contributed by atoms with Crippen molar-refractivity contribution in [1.29, 1.82) is 0 Å². The zero-order valence-corrected chi connectivity index (χ0v) is 11.5. The van der Waals surface area contributed by atoms with Crippen molar-refractivity contribution in [2.75, 3.05) is 0 Å². The first-order valence-electron chi connectivity index (χ1n) is 6.50. The summed E-state index contributed by atoms with van der Waals surface area (Å²) in [5.41, 5.74) is 2.97. The van der Waals surface area contributed by atoms with E-state index in [0.29, 0.717) is 6.42 Å². The van der Waals surface area contributed by atoms with Gasteiger partial charge in [-0.15, -0.1) is 5.10 Å². The minimum atomic E-state index is 0.00877. The van der Waals surface area contributed by atoms with E-state index in [2.05, 4.69) is 28.6 Å². The van der Waals surface area contributed by atoms with E-state index >= 15 is 0 Å². The highest BCUT2D eigenvalue weighted by Crippen LogP contribution is 2.37. The number of fused-ring (bicyclic) bond motifs is 1. The highest BCUT2D eigenvalue weighted by molar-refractivity contribution is 5.99. The lowest BCUT2D eigenvalue weighted by molar-refractivity contribution is 0.0911. The van der Waals surface area contributed by atoms with Gasteiger partial charge in [0.05, 0.1) is 0 Å². The van der Waals surface area contributed by atoms with Crippen molar-refractivity contribution in [3.05, 3.63) is 41.3 Å². The molecule has 4 heteroatoms. The fourth-order valence-electron chi connectivity index (χ4n) is 2.88. The Morgan fingerprint density at radius 2 is 2.11 bits per heavy atom. The average Bonchev–Trinajstić information content (AvgIpc) is 2.65. The molecule has 0 spiro atoms. The van der Waals surface area contributed by atoms with Crippen LogP contribution in [-0.4, -0.2) is 20.5 Å². The lowest BCUT2D eigenvalue weighted by atomic mass is 9.76. The van der Waals surface area contributed by atoms with Crippen LogP contribution in [0, 0.1) is 12.3 Å². The molecule has 3 rings (SSSR count). The highest BCUT2D eigenvalue weighted by Gasteiger charge is 2.34. The van der Waals surface area contributed by atoms with Gasteiger partial charge in [-0.3, -0.25) is 4.79 Å². The summed E-state index contributed by atoms with van der Waals surface area (Å²) in [6.07, 6.45) is 3.16. The van der Waals surface area contributed by atoms with Gasteiger partial charge in [0.1, 0.15) is 0 Å². The summed E-state index contributed by atoms with van der Waals surface area (Å²) in [5, 5.41) is 8.09. The minimum Gasteiger partial charge on any atom is -0.301 e. The molecule has 0 saturated carbocycles. The maximum absolute atomic E-state index is 12.2. The number of hydrogen-bond donors (Lipinski definition) is 0. The number of carbonyl (C=O) groups excluding carboxylic acids is 1. The number of rotatable bonds is 1. The molecule has 4 nitrogen and oxygen atoms in total. The van der Waals surface area contributed by atoms with Crippen LogP contribution in [0.1, 0.15) is 42.0 Å². The van der Waals surface area contributed by atoms with Crippen molar-refractivity contribution >= 4 is 5.78 Å². The smallest absolute Gasteiger partial charge is 0.165 e. The predicted octanol–water partition coefficient (Wildman–Crippen LogP) is 2.73. The minimum absolute atomic E-state index is 0.00877. The van der Waals surface area contributed by atoms with Crippen LogP contribution in [0.25, 0.3) is 5.82 Å². The van der Waals surface area contributed by atoms with Gasteiger partial charge >= 0.3 is 0 Å². The first-order chi connectivity index (χ1) is 8.98. The molecule has 1 aliphatic rings. The van der Waals surface area contributed by atoms with Crippen LogP contribution in [0.5, 0.6) is 0 Å². The highest BCUT2D eigenvalue weighted by atomic mass is 16.1. The van der Waals surface area contributed by atoms with Gasteiger partial charge in [-0.1, -0.05) is 13.8 Å². The second kappa shape index (κ2) is 4.02. The van der Waals surface area contributed by atoms with Gasteiger partial charge in [0.2, 0.25) is 0 Å². The Labute approximate surface area is 112 Å². The SMILES string of the molecule is Cc1cc2c(n1-c1cccnn1)CC(C)(C)CC2=O. The summed E-state index contributed by atoms with van der Waals surface area (Å²) < 4.78 is 2.06. The van der Waals surface area contributed by atoms with Gasteiger partial charge in [0.15, 0.2) is 11.6 Å². The fourth-order valence-corrected chi connectivity index (χ4v) is 2.88. The topological polar surface area (TPSA) is 47.8 Å². The van der Waals surface area contributed by atoms with Gasteiger partial charge < -0.3 is 4.57 Å². The number of aryl methyl sites for hydroxylation is 1. The van der Waals surface area contributed by atoms with Crippen LogP contribution >= 0.6 is 0 Å². The van der Waals surface area contributed by atoms with E-state index in [0.717, 1.165) is 29.2 Å². The lowest BCUT2D eigenvalue weighted by Gasteiger charge is -2.29. The second-order valence-corrected chi connectivity index (χ2v) is 6.00. The summed E-state index contributed by atoms with van der Waals surface area (Å²) in [4.78, 5) is 12.2. The van der Waals surface area contributed by atoms with Crippen LogP contribution < -0.4 is 0 Å². The Bertz CT molecular complexity index is 641. The monoisotopic (exact) mass is 255 g/mol. The van der Waals surface area contributed by atoms with Crippen molar-refractivity contribution in [3.8, 4) is 5.82 Å². The van der Waals surface area contributed by atoms with E-state index in [1.807, 2.05) is 25.1 Å². The number of hydrogen-bond acceptors (Lipinski definition) is 3. The molecule has 1 aliphatic carbocycles. The van der Waals surface area contributed by atoms with Crippen molar-refractivity contribution in [2.24, 2.45) is 5.41 Å². The molecule has 0 bridgehead atoms. The largest absolute Gasteiger partial charge is 0.301 e. The van der Waals surface area contributed by atoms with E-state index in [9.17, 15) is 4.79 Å². The quantitative estimate of drug-likeness (QED) is 0.787. The zero-order chi connectivity index (χ0) is 13.6. The molecule has 0 aliphatic heterocycles. The first-order valence-corrected chi connectivity index (χ1v) is 6.50. The van der Waals surface area contributed by atoms with E-state index in [1.165, 1.54) is 0 Å². The van der Waals surface area contributed by atoms with Crippen LogP contribution in [0.15, 0.2) is 24.4 Å². The lowest BCUT2D eigenvalue weighted by Crippen LogP contribution is -2.28. The van der Waals surface area contributed by atoms with Crippen molar-refractivity contribution in [1.82, 2.24) is 14.8 Å². The molecule has 0 unspecified atom stereocenters. The Morgan fingerprint density at radius 1 is 1.32 bits per heavy atom. The van der Waals surface area contributed by atoms with Gasteiger partial charge in [0, 0.05) is 29.6 Å². The summed E-state index contributed by atoms with van der Waals surface area (Å²) in [6.45, 7) is 6.28. The van der Waals surface area contributed by atoms with Gasteiger partial charge in [-0.05, 0) is 37.0 Å².